The highest BCUT2D eigenvalue weighted by atomic mass is 16.2. The van der Waals surface area contributed by atoms with Crippen molar-refractivity contribution in [3.05, 3.63) is 72.3 Å². The highest BCUT2D eigenvalue weighted by Crippen LogP contribution is 2.24. The summed E-state index contributed by atoms with van der Waals surface area (Å²) in [5.74, 6) is -1.38. The predicted molar refractivity (Wildman–Crippen MR) is 117 cm³/mol. The molecule has 1 N–H and O–H groups in total. The van der Waals surface area contributed by atoms with Crippen molar-refractivity contribution < 1.29 is 14.4 Å². The molecule has 1 heterocycles. The van der Waals surface area contributed by atoms with Crippen LogP contribution in [0.2, 0.25) is 0 Å². The number of nitrogens with zero attached hydrogens (tertiary/aromatic N) is 3. The van der Waals surface area contributed by atoms with Gasteiger partial charge in [-0.1, -0.05) is 48.5 Å². The molecule has 2 aromatic rings. The summed E-state index contributed by atoms with van der Waals surface area (Å²) >= 11 is 0. The summed E-state index contributed by atoms with van der Waals surface area (Å²) in [6, 6.07) is 19.8. The Labute approximate surface area is 181 Å². The third kappa shape index (κ3) is 5.80. The van der Waals surface area contributed by atoms with Gasteiger partial charge < -0.3 is 15.1 Å². The molecule has 1 fully saturated rings. The summed E-state index contributed by atoms with van der Waals surface area (Å²) in [6.45, 7) is -0.0131. The van der Waals surface area contributed by atoms with Gasteiger partial charge in [-0.3, -0.25) is 14.4 Å². The summed E-state index contributed by atoms with van der Waals surface area (Å²) < 4.78 is 0. The minimum Gasteiger partial charge on any atom is -0.333 e. The van der Waals surface area contributed by atoms with Gasteiger partial charge in [0.1, 0.15) is 6.04 Å². The highest BCUT2D eigenvalue weighted by molar-refractivity contribution is 5.95. The van der Waals surface area contributed by atoms with Crippen molar-refractivity contribution >= 4 is 29.5 Å². The molecule has 0 radical (unpaired) electrons. The fourth-order valence-electron chi connectivity index (χ4n) is 3.42. The first kappa shape index (κ1) is 21.8. The van der Waals surface area contributed by atoms with Crippen LogP contribution >= 0.6 is 0 Å². The van der Waals surface area contributed by atoms with Gasteiger partial charge in [0.2, 0.25) is 17.7 Å². The number of hydrogen-bond donors (Lipinski definition) is 1. The number of nitrogens with one attached hydrogen (secondary N) is 1. The lowest BCUT2D eigenvalue weighted by molar-refractivity contribution is -0.137. The number of carbonyl (C=O) groups excluding carboxylic acids is 3. The maximum absolute atomic E-state index is 12.8. The van der Waals surface area contributed by atoms with Crippen LogP contribution < -0.4 is 5.32 Å². The van der Waals surface area contributed by atoms with Gasteiger partial charge in [0, 0.05) is 25.4 Å². The number of likely N-dealkylation sites (tertiary alicyclic amines) is 1. The van der Waals surface area contributed by atoms with Gasteiger partial charge in [-0.2, -0.15) is 5.26 Å². The van der Waals surface area contributed by atoms with E-state index in [-0.39, 0.29) is 37.2 Å². The fourth-order valence-corrected chi connectivity index (χ4v) is 3.42. The van der Waals surface area contributed by atoms with Crippen LogP contribution in [0.4, 0.5) is 5.69 Å². The van der Waals surface area contributed by atoms with Crippen LogP contribution in [0.15, 0.2) is 66.7 Å². The Morgan fingerprint density at radius 3 is 2.42 bits per heavy atom. The minimum atomic E-state index is -0.692. The standard InChI is InChI=1S/C24H24N4O3/c1-27(22(29)13-12-18-8-4-2-5-9-18)17-23(30)28-16-19(14-21(28)15-25)24(31)26-20-10-6-3-7-11-20/h2-13,19,21H,14,16-17H2,1H3,(H,26,31)/b13-12+. The smallest absolute Gasteiger partial charge is 0.246 e. The molecule has 1 aliphatic rings. The van der Waals surface area contributed by atoms with E-state index in [2.05, 4.69) is 11.4 Å². The summed E-state index contributed by atoms with van der Waals surface area (Å²) in [4.78, 5) is 40.3. The van der Waals surface area contributed by atoms with Crippen LogP contribution in [0.1, 0.15) is 12.0 Å². The zero-order chi connectivity index (χ0) is 22.2. The molecule has 0 saturated carbocycles. The second-order valence-corrected chi connectivity index (χ2v) is 7.42. The Kier molecular flexibility index (Phi) is 7.17. The summed E-state index contributed by atoms with van der Waals surface area (Å²) in [5, 5.41) is 12.3. The molecule has 0 aromatic heterocycles. The first-order chi connectivity index (χ1) is 15.0. The molecule has 3 amide bonds. The normalized spacial score (nSPS) is 17.9. The van der Waals surface area contributed by atoms with Gasteiger partial charge >= 0.3 is 0 Å². The molecule has 7 nitrogen and oxygen atoms in total. The molecule has 158 valence electrons. The predicted octanol–water partition coefficient (Wildman–Crippen LogP) is 2.54. The molecule has 0 bridgehead atoms. The number of para-hydroxylation sites is 1. The number of anilines is 1. The molecule has 7 heteroatoms. The van der Waals surface area contributed by atoms with Gasteiger partial charge in [-0.15, -0.1) is 0 Å². The van der Waals surface area contributed by atoms with Crippen LogP contribution in [-0.2, 0) is 14.4 Å². The third-order valence-electron chi connectivity index (χ3n) is 5.15. The van der Waals surface area contributed by atoms with Crippen LogP contribution in [0.25, 0.3) is 6.08 Å². The first-order valence-corrected chi connectivity index (χ1v) is 10.0. The number of benzene rings is 2. The Morgan fingerprint density at radius 2 is 1.77 bits per heavy atom. The minimum absolute atomic E-state index is 0.150. The van der Waals surface area contributed by atoms with Crippen molar-refractivity contribution in [1.29, 1.82) is 5.26 Å². The zero-order valence-corrected chi connectivity index (χ0v) is 17.3. The average Bonchev–Trinajstić information content (AvgIpc) is 3.23. The van der Waals surface area contributed by atoms with Gasteiger partial charge in [-0.25, -0.2) is 0 Å². The summed E-state index contributed by atoms with van der Waals surface area (Å²) in [6.07, 6.45) is 3.36. The second kappa shape index (κ2) is 10.2. The summed E-state index contributed by atoms with van der Waals surface area (Å²) in [7, 11) is 1.53. The van der Waals surface area contributed by atoms with E-state index in [0.717, 1.165) is 5.56 Å². The van der Waals surface area contributed by atoms with E-state index in [4.69, 9.17) is 0 Å². The zero-order valence-electron chi connectivity index (χ0n) is 17.3. The quantitative estimate of drug-likeness (QED) is 0.733. The van der Waals surface area contributed by atoms with Gasteiger partial charge in [0.15, 0.2) is 0 Å². The molecule has 31 heavy (non-hydrogen) atoms. The van der Waals surface area contributed by atoms with Crippen molar-refractivity contribution in [3.8, 4) is 6.07 Å². The van der Waals surface area contributed by atoms with Crippen molar-refractivity contribution in [3.63, 3.8) is 0 Å². The van der Waals surface area contributed by atoms with Crippen LogP contribution in [-0.4, -0.2) is 53.7 Å². The topological polar surface area (TPSA) is 93.5 Å². The molecule has 2 atom stereocenters. The van der Waals surface area contributed by atoms with Crippen LogP contribution in [0.3, 0.4) is 0 Å². The molecule has 2 unspecified atom stereocenters. The lowest BCUT2D eigenvalue weighted by Crippen LogP contribution is -2.43. The van der Waals surface area contributed by atoms with E-state index in [9.17, 15) is 19.6 Å². The van der Waals surface area contributed by atoms with Gasteiger partial charge in [-0.05, 0) is 30.2 Å². The molecular weight excluding hydrogens is 392 g/mol. The monoisotopic (exact) mass is 416 g/mol. The molecule has 0 aliphatic carbocycles. The Balaban J connectivity index is 1.57. The Bertz CT molecular complexity index is 998. The number of hydrogen-bond acceptors (Lipinski definition) is 4. The van der Waals surface area contributed by atoms with Crippen molar-refractivity contribution in [2.75, 3.05) is 25.5 Å². The van der Waals surface area contributed by atoms with Crippen LogP contribution in [0, 0.1) is 17.2 Å². The number of amides is 3. The highest BCUT2D eigenvalue weighted by Gasteiger charge is 2.39. The lowest BCUT2D eigenvalue weighted by Gasteiger charge is -2.23. The van der Waals surface area contributed by atoms with Crippen molar-refractivity contribution in [1.82, 2.24) is 9.80 Å². The third-order valence-corrected chi connectivity index (χ3v) is 5.15. The first-order valence-electron chi connectivity index (χ1n) is 10.0. The summed E-state index contributed by atoms with van der Waals surface area (Å²) in [5.41, 5.74) is 1.55. The van der Waals surface area contributed by atoms with Crippen molar-refractivity contribution in [2.45, 2.75) is 12.5 Å². The maximum Gasteiger partial charge on any atom is 0.246 e. The SMILES string of the molecule is CN(CC(=O)N1CC(C(=O)Nc2ccccc2)CC1C#N)C(=O)/C=C/c1ccccc1. The number of nitriles is 1. The van der Waals surface area contributed by atoms with Crippen LogP contribution in [0.5, 0.6) is 0 Å². The molecule has 3 rings (SSSR count). The number of carbonyl (C=O) groups is 3. The van der Waals surface area contributed by atoms with Crippen molar-refractivity contribution in [2.24, 2.45) is 5.92 Å². The van der Waals surface area contributed by atoms with E-state index in [0.29, 0.717) is 5.69 Å². The van der Waals surface area contributed by atoms with Gasteiger partial charge in [0.25, 0.3) is 0 Å². The lowest BCUT2D eigenvalue weighted by atomic mass is 10.1. The largest absolute Gasteiger partial charge is 0.333 e. The molecule has 1 aliphatic heterocycles. The van der Waals surface area contributed by atoms with E-state index in [1.54, 1.807) is 18.2 Å². The molecule has 2 aromatic carbocycles. The fraction of sp³-hybridized carbons (Fsp3) is 0.250. The van der Waals surface area contributed by atoms with E-state index < -0.39 is 12.0 Å². The average molecular weight is 416 g/mol. The Morgan fingerprint density at radius 1 is 1.13 bits per heavy atom. The molecule has 0 spiro atoms. The van der Waals surface area contributed by atoms with E-state index >= 15 is 0 Å². The molecular formula is C24H24N4O3. The maximum atomic E-state index is 12.8. The van der Waals surface area contributed by atoms with E-state index in [1.165, 1.54) is 22.9 Å². The molecule has 1 saturated heterocycles. The Hall–Kier alpha value is -3.92. The number of likely N-dealkylation sites (N-methyl/N-ethyl adjacent to an activating group) is 1. The van der Waals surface area contributed by atoms with E-state index in [1.807, 2.05) is 48.5 Å². The number of rotatable bonds is 6. The second-order valence-electron chi connectivity index (χ2n) is 7.42. The van der Waals surface area contributed by atoms with Gasteiger partial charge in [0.05, 0.1) is 18.5 Å².